The van der Waals surface area contributed by atoms with Crippen LogP contribution in [0.5, 0.6) is 0 Å². The van der Waals surface area contributed by atoms with Gasteiger partial charge in [0.05, 0.1) is 13.2 Å². The molecule has 1 aliphatic carbocycles. The van der Waals surface area contributed by atoms with Crippen LogP contribution >= 0.6 is 0 Å². The van der Waals surface area contributed by atoms with E-state index in [0.29, 0.717) is 22.6 Å². The second kappa shape index (κ2) is 7.89. The highest BCUT2D eigenvalue weighted by Crippen LogP contribution is 2.50. The van der Waals surface area contributed by atoms with Crippen molar-refractivity contribution in [1.29, 1.82) is 0 Å². The average Bonchev–Trinajstić information content (AvgIpc) is 3.40. The quantitative estimate of drug-likeness (QED) is 0.420. The molecule has 0 bridgehead atoms. The molecule has 0 saturated heterocycles. The maximum absolute atomic E-state index is 15.5. The summed E-state index contributed by atoms with van der Waals surface area (Å²) < 4.78 is 20.2. The zero-order valence-electron chi connectivity index (χ0n) is 18.8. The predicted molar refractivity (Wildman–Crippen MR) is 125 cm³/mol. The molecule has 1 saturated carbocycles. The molecule has 4 nitrogen and oxygen atoms in total. The van der Waals surface area contributed by atoms with Crippen molar-refractivity contribution < 1.29 is 13.9 Å². The first-order valence-electron chi connectivity index (χ1n) is 11.3. The van der Waals surface area contributed by atoms with Gasteiger partial charge in [-0.05, 0) is 60.9 Å². The van der Waals surface area contributed by atoms with Crippen LogP contribution in [0.3, 0.4) is 0 Å². The molecule has 1 N–H and O–H groups in total. The summed E-state index contributed by atoms with van der Waals surface area (Å²) in [5.41, 5.74) is 5.12. The first-order chi connectivity index (χ1) is 15.4. The summed E-state index contributed by atoms with van der Waals surface area (Å²) in [6, 6.07) is 13.7. The minimum atomic E-state index is -0.456. The molecule has 0 spiro atoms. The molecule has 2 aliphatic rings. The molecule has 5 heteroatoms. The van der Waals surface area contributed by atoms with Gasteiger partial charge in [-0.15, -0.1) is 0 Å². The van der Waals surface area contributed by atoms with Gasteiger partial charge in [0.1, 0.15) is 5.82 Å². The number of fused-ring (bicyclic) bond motifs is 3. The number of para-hydroxylation sites is 1. The molecule has 5 rings (SSSR count). The van der Waals surface area contributed by atoms with Crippen molar-refractivity contribution in [1.82, 2.24) is 9.88 Å². The molecule has 1 fully saturated rings. The molecule has 2 atom stereocenters. The van der Waals surface area contributed by atoms with Crippen LogP contribution in [-0.2, 0) is 16.0 Å². The summed E-state index contributed by atoms with van der Waals surface area (Å²) in [5.74, 6) is -0.714. The summed E-state index contributed by atoms with van der Waals surface area (Å²) in [6.07, 6.45) is 6.30. The van der Waals surface area contributed by atoms with Crippen LogP contribution in [0.15, 0.2) is 48.5 Å². The molecule has 0 radical (unpaired) electrons. The van der Waals surface area contributed by atoms with E-state index in [1.165, 1.54) is 43.0 Å². The number of benzene rings is 2. The van der Waals surface area contributed by atoms with Crippen molar-refractivity contribution in [2.24, 2.45) is 5.41 Å². The molecule has 32 heavy (non-hydrogen) atoms. The zero-order chi connectivity index (χ0) is 22.5. The number of nitrogens with zero attached hydrogens (tertiary/aromatic N) is 1. The number of aromatic nitrogens is 1. The highest BCUT2D eigenvalue weighted by atomic mass is 19.1. The molecule has 166 valence electrons. The van der Waals surface area contributed by atoms with Crippen molar-refractivity contribution in [2.75, 3.05) is 13.7 Å². The Bertz CT molecular complexity index is 1210. The maximum Gasteiger partial charge on any atom is 0.330 e. The highest BCUT2D eigenvalue weighted by Gasteiger charge is 2.44. The molecule has 0 amide bonds. The molecule has 1 aliphatic heterocycles. The van der Waals surface area contributed by atoms with Crippen LogP contribution < -0.4 is 0 Å². The van der Waals surface area contributed by atoms with Gasteiger partial charge in [-0.1, -0.05) is 37.3 Å². The van der Waals surface area contributed by atoms with E-state index in [-0.39, 0.29) is 11.9 Å². The van der Waals surface area contributed by atoms with E-state index in [1.807, 2.05) is 18.2 Å². The lowest BCUT2D eigenvalue weighted by Gasteiger charge is -2.42. The fraction of sp³-hybridized carbons (Fsp3) is 0.370. The lowest BCUT2D eigenvalue weighted by molar-refractivity contribution is -0.134. The lowest BCUT2D eigenvalue weighted by Crippen LogP contribution is -2.45. The van der Waals surface area contributed by atoms with E-state index in [1.54, 1.807) is 6.08 Å². The van der Waals surface area contributed by atoms with Crippen LogP contribution in [0.2, 0.25) is 0 Å². The number of carbonyl (C=O) groups excluding carboxylic acids is 1. The van der Waals surface area contributed by atoms with Crippen LogP contribution in [0, 0.1) is 11.2 Å². The van der Waals surface area contributed by atoms with Crippen molar-refractivity contribution in [2.45, 2.75) is 45.2 Å². The number of ether oxygens (including phenoxy) is 1. The molecule has 2 heterocycles. The smallest absolute Gasteiger partial charge is 0.330 e. The van der Waals surface area contributed by atoms with Crippen molar-refractivity contribution in [3.63, 3.8) is 0 Å². The number of hydrogen-bond acceptors (Lipinski definition) is 3. The summed E-state index contributed by atoms with van der Waals surface area (Å²) >= 11 is 0. The van der Waals surface area contributed by atoms with Crippen LogP contribution in [0.4, 0.5) is 4.39 Å². The average molecular weight is 433 g/mol. The summed E-state index contributed by atoms with van der Waals surface area (Å²) in [4.78, 5) is 17.5. The van der Waals surface area contributed by atoms with Gasteiger partial charge in [0.25, 0.3) is 0 Å². The van der Waals surface area contributed by atoms with Crippen LogP contribution in [0.25, 0.3) is 17.0 Å². The molecule has 2 aromatic carbocycles. The molecule has 1 aromatic heterocycles. The Kier molecular flexibility index (Phi) is 5.17. The van der Waals surface area contributed by atoms with Gasteiger partial charge in [-0.25, -0.2) is 9.18 Å². The highest BCUT2D eigenvalue weighted by molar-refractivity contribution is 5.87. The minimum Gasteiger partial charge on any atom is -0.466 e. The standard InChI is InChI=1S/C27H29FN2O2/c1-17-14-21-19-6-4-5-7-23(19)29-25(21)26(30(17)16-27(2)12-13-27)20-10-8-18(15-22(20)28)9-11-24(31)32-3/h4-11,15,17,26,29H,12-14,16H2,1-3H3/b11-9+/t17-,26-/m1/s1. The number of methoxy groups -OCH3 is 1. The second-order valence-electron chi connectivity index (χ2n) is 9.64. The Hall–Kier alpha value is -2.92. The van der Waals surface area contributed by atoms with Crippen LogP contribution in [-0.4, -0.2) is 35.5 Å². The van der Waals surface area contributed by atoms with Crippen LogP contribution in [0.1, 0.15) is 55.1 Å². The largest absolute Gasteiger partial charge is 0.466 e. The van der Waals surface area contributed by atoms with E-state index in [2.05, 4.69) is 46.7 Å². The third-order valence-corrected chi connectivity index (χ3v) is 7.12. The number of nitrogens with one attached hydrogen (secondary N) is 1. The second-order valence-corrected chi connectivity index (χ2v) is 9.64. The van der Waals surface area contributed by atoms with Gasteiger partial charge in [0, 0.05) is 40.8 Å². The van der Waals surface area contributed by atoms with Crippen molar-refractivity contribution >= 4 is 22.9 Å². The Labute approximate surface area is 188 Å². The number of rotatable bonds is 5. The minimum absolute atomic E-state index is 0.169. The SMILES string of the molecule is COC(=O)/C=C/c1ccc([C@@H]2c3[nH]c4ccccc4c3C[C@@H](C)N2CC2(C)CC2)c(F)c1. The predicted octanol–water partition coefficient (Wildman–Crippen LogP) is 5.63. The van der Waals surface area contributed by atoms with Crippen molar-refractivity contribution in [3.05, 3.63) is 76.7 Å². The summed E-state index contributed by atoms with van der Waals surface area (Å²) in [5, 5.41) is 1.23. The number of halogens is 1. The van der Waals surface area contributed by atoms with E-state index in [9.17, 15) is 4.79 Å². The maximum atomic E-state index is 15.5. The first kappa shape index (κ1) is 21.0. The summed E-state index contributed by atoms with van der Waals surface area (Å²) in [6.45, 7) is 5.54. The molecular formula is C27H29FN2O2. The van der Waals surface area contributed by atoms with Gasteiger partial charge in [-0.2, -0.15) is 0 Å². The number of esters is 1. The number of carbonyl (C=O) groups is 1. The zero-order valence-corrected chi connectivity index (χ0v) is 18.8. The van der Waals surface area contributed by atoms with Gasteiger partial charge < -0.3 is 9.72 Å². The van der Waals surface area contributed by atoms with E-state index < -0.39 is 5.97 Å². The number of aromatic amines is 1. The Morgan fingerprint density at radius 1 is 1.28 bits per heavy atom. The lowest BCUT2D eigenvalue weighted by atomic mass is 9.87. The molecule has 0 unspecified atom stereocenters. The topological polar surface area (TPSA) is 45.3 Å². The van der Waals surface area contributed by atoms with Gasteiger partial charge in [0.15, 0.2) is 0 Å². The van der Waals surface area contributed by atoms with E-state index in [0.717, 1.165) is 24.2 Å². The van der Waals surface area contributed by atoms with E-state index >= 15 is 4.39 Å². The Morgan fingerprint density at radius 3 is 2.78 bits per heavy atom. The molecular weight excluding hydrogens is 403 g/mol. The third-order valence-electron chi connectivity index (χ3n) is 7.12. The number of hydrogen-bond donors (Lipinski definition) is 1. The van der Waals surface area contributed by atoms with E-state index in [4.69, 9.17) is 0 Å². The van der Waals surface area contributed by atoms with Gasteiger partial charge >= 0.3 is 5.97 Å². The summed E-state index contributed by atoms with van der Waals surface area (Å²) in [7, 11) is 1.33. The number of H-pyrrole nitrogens is 1. The van der Waals surface area contributed by atoms with Gasteiger partial charge in [-0.3, -0.25) is 4.90 Å². The van der Waals surface area contributed by atoms with Gasteiger partial charge in [0.2, 0.25) is 0 Å². The fourth-order valence-electron chi connectivity index (χ4n) is 5.00. The molecule has 3 aromatic rings. The monoisotopic (exact) mass is 432 g/mol. The first-order valence-corrected chi connectivity index (χ1v) is 11.3. The van der Waals surface area contributed by atoms with Crippen molar-refractivity contribution in [3.8, 4) is 0 Å². The Morgan fingerprint density at radius 2 is 2.06 bits per heavy atom. The normalized spacial score (nSPS) is 22.2. The third kappa shape index (κ3) is 3.75. The Balaban J connectivity index is 1.60. The fourth-order valence-corrected chi connectivity index (χ4v) is 5.00.